The Morgan fingerprint density at radius 1 is 1.42 bits per heavy atom. The van der Waals surface area contributed by atoms with Gasteiger partial charge in [0.2, 0.25) is 0 Å². The minimum Gasteiger partial charge on any atom is -0.258 e. The summed E-state index contributed by atoms with van der Waals surface area (Å²) < 4.78 is 0. The van der Waals surface area contributed by atoms with Gasteiger partial charge in [0.25, 0.3) is 5.69 Å². The molecule has 0 spiro atoms. The number of nitro groups is 1. The average Bonchev–Trinajstić information content (AvgIpc) is 2.27. The minimum absolute atomic E-state index is 0.0219. The quantitative estimate of drug-likeness (QED) is 0.207. The van der Waals surface area contributed by atoms with E-state index in [2.05, 4.69) is 27.4 Å². The van der Waals surface area contributed by atoms with Gasteiger partial charge in [0.05, 0.1) is 20.5 Å². The number of amidine groups is 1. The van der Waals surface area contributed by atoms with Crippen LogP contribution in [-0.2, 0) is 0 Å². The molecule has 1 aromatic carbocycles. The van der Waals surface area contributed by atoms with E-state index < -0.39 is 4.92 Å². The maximum absolute atomic E-state index is 10.9. The highest BCUT2D eigenvalue weighted by atomic mass is 32.2. The summed E-state index contributed by atoms with van der Waals surface area (Å²) in [5.74, 6) is 0. The molecule has 0 saturated carbocycles. The number of benzene rings is 1. The Morgan fingerprint density at radius 2 is 2.05 bits per heavy atom. The predicted octanol–water partition coefficient (Wildman–Crippen LogP) is 3.94. The van der Waals surface area contributed by atoms with Gasteiger partial charge in [-0.3, -0.25) is 15.1 Å². The molecule has 0 fully saturated rings. The molecule has 0 unspecified atom stereocenters. The van der Waals surface area contributed by atoms with E-state index in [1.165, 1.54) is 6.07 Å². The van der Waals surface area contributed by atoms with Crippen LogP contribution < -0.4 is 0 Å². The summed E-state index contributed by atoms with van der Waals surface area (Å²) in [6.45, 7) is 5.73. The van der Waals surface area contributed by atoms with Crippen molar-refractivity contribution in [1.82, 2.24) is 0 Å². The van der Waals surface area contributed by atoms with Gasteiger partial charge in [-0.1, -0.05) is 12.1 Å². The lowest BCUT2D eigenvalue weighted by molar-refractivity contribution is -0.387. The molecule has 0 amide bonds. The second-order valence-corrected chi connectivity index (χ2v) is 5.79. The van der Waals surface area contributed by atoms with E-state index in [4.69, 9.17) is 0 Å². The van der Waals surface area contributed by atoms with Crippen molar-refractivity contribution in [2.75, 3.05) is 0 Å². The van der Waals surface area contributed by atoms with Crippen LogP contribution in [0.15, 0.2) is 39.1 Å². The molecule has 0 aliphatic rings. The zero-order valence-corrected chi connectivity index (χ0v) is 12.4. The first-order valence-electron chi connectivity index (χ1n) is 5.42. The van der Waals surface area contributed by atoms with Gasteiger partial charge in [0, 0.05) is 6.07 Å². The fourth-order valence-corrected chi connectivity index (χ4v) is 2.33. The summed E-state index contributed by atoms with van der Waals surface area (Å²) in [6.07, 6.45) is 0. The van der Waals surface area contributed by atoms with Crippen molar-refractivity contribution in [3.63, 3.8) is 0 Å². The van der Waals surface area contributed by atoms with Gasteiger partial charge >= 0.3 is 0 Å². The number of rotatable bonds is 2. The van der Waals surface area contributed by atoms with E-state index in [-0.39, 0.29) is 11.2 Å². The van der Waals surface area contributed by atoms with Crippen molar-refractivity contribution in [3.8, 4) is 0 Å². The number of nitrogens with zero attached hydrogens (tertiary/aromatic N) is 3. The second kappa shape index (κ2) is 6.56. The lowest BCUT2D eigenvalue weighted by atomic mass is 10.1. The largest absolute Gasteiger partial charge is 0.283 e. The van der Waals surface area contributed by atoms with Gasteiger partial charge in [-0.05, 0) is 50.8 Å². The number of thiocarbonyl (C=S) groups is 1. The van der Waals surface area contributed by atoms with Crippen molar-refractivity contribution < 1.29 is 4.92 Å². The first-order valence-corrected chi connectivity index (χ1v) is 6.65. The monoisotopic (exact) mass is 295 g/mol. The molecule has 19 heavy (non-hydrogen) atoms. The summed E-state index contributed by atoms with van der Waals surface area (Å²) in [4.78, 5) is 19.2. The number of nitro benzene ring substituents is 1. The van der Waals surface area contributed by atoms with Crippen molar-refractivity contribution in [3.05, 3.63) is 34.4 Å². The third kappa shape index (κ3) is 5.30. The van der Waals surface area contributed by atoms with E-state index in [1.54, 1.807) is 18.2 Å². The van der Waals surface area contributed by atoms with Crippen LogP contribution in [0.3, 0.4) is 0 Å². The number of para-hydroxylation sites is 1. The highest BCUT2D eigenvalue weighted by molar-refractivity contribution is 8.14. The normalized spacial score (nSPS) is 11.8. The van der Waals surface area contributed by atoms with Crippen LogP contribution in [0, 0.1) is 10.1 Å². The second-order valence-electron chi connectivity index (χ2n) is 4.60. The van der Waals surface area contributed by atoms with Gasteiger partial charge in [-0.2, -0.15) is 4.99 Å². The van der Waals surface area contributed by atoms with Gasteiger partial charge in [0.15, 0.2) is 5.17 Å². The molecule has 0 aliphatic carbocycles. The molecule has 100 valence electrons. The van der Waals surface area contributed by atoms with Crippen molar-refractivity contribution in [1.29, 1.82) is 0 Å². The molecule has 7 heteroatoms. The minimum atomic E-state index is -0.432. The number of hydrogen-bond acceptors (Lipinski definition) is 5. The molecule has 0 heterocycles. The van der Waals surface area contributed by atoms with Crippen molar-refractivity contribution in [2.45, 2.75) is 31.2 Å². The molecule has 5 nitrogen and oxygen atoms in total. The molecule has 0 radical (unpaired) electrons. The van der Waals surface area contributed by atoms with E-state index in [0.717, 1.165) is 11.8 Å². The van der Waals surface area contributed by atoms with Crippen LogP contribution in [-0.4, -0.2) is 20.8 Å². The van der Waals surface area contributed by atoms with Crippen LogP contribution in [0.5, 0.6) is 0 Å². The highest BCUT2D eigenvalue weighted by Gasteiger charge is 2.17. The third-order valence-corrected chi connectivity index (χ3v) is 2.86. The summed E-state index contributed by atoms with van der Waals surface area (Å²) >= 11 is 5.68. The fraction of sp³-hybridized carbons (Fsp3) is 0.333. The number of isothiocyanates is 1. The van der Waals surface area contributed by atoms with Gasteiger partial charge < -0.3 is 0 Å². The smallest absolute Gasteiger partial charge is 0.258 e. The summed E-state index contributed by atoms with van der Waals surface area (Å²) in [6, 6.07) is 6.44. The maximum Gasteiger partial charge on any atom is 0.283 e. The Morgan fingerprint density at radius 3 is 2.58 bits per heavy atom. The lowest BCUT2D eigenvalue weighted by Crippen LogP contribution is -2.11. The summed E-state index contributed by atoms with van der Waals surface area (Å²) in [5, 5.41) is 13.5. The standard InChI is InChI=1S/C12H13N3O2S2/c1-12(2,3)14-11(13-8-18)19-10-7-5-4-6-9(10)15(16)17/h4-7H,1-3H3. The molecule has 1 aromatic rings. The summed E-state index contributed by atoms with van der Waals surface area (Å²) in [7, 11) is 0. The number of hydrogen-bond donors (Lipinski definition) is 0. The molecule has 0 atom stereocenters. The van der Waals surface area contributed by atoms with Crippen LogP contribution >= 0.6 is 24.0 Å². The molecule has 1 rings (SSSR count). The van der Waals surface area contributed by atoms with Gasteiger partial charge in [-0.15, -0.1) is 0 Å². The highest BCUT2D eigenvalue weighted by Crippen LogP contribution is 2.30. The Balaban J connectivity index is 3.15. The van der Waals surface area contributed by atoms with Gasteiger partial charge in [0.1, 0.15) is 0 Å². The van der Waals surface area contributed by atoms with E-state index in [1.807, 2.05) is 20.8 Å². The third-order valence-electron chi connectivity index (χ3n) is 1.84. The lowest BCUT2D eigenvalue weighted by Gasteiger charge is -2.12. The topological polar surface area (TPSA) is 67.9 Å². The molecular weight excluding hydrogens is 282 g/mol. The maximum atomic E-state index is 10.9. The molecule has 0 aromatic heterocycles. The fourth-order valence-electron chi connectivity index (χ4n) is 1.19. The van der Waals surface area contributed by atoms with Crippen LogP contribution in [0.1, 0.15) is 20.8 Å². The predicted molar refractivity (Wildman–Crippen MR) is 81.2 cm³/mol. The van der Waals surface area contributed by atoms with Gasteiger partial charge in [-0.25, -0.2) is 0 Å². The first kappa shape index (κ1) is 15.5. The SMILES string of the molecule is CC(C)(C)N=C(N=C=S)Sc1ccccc1[N+](=O)[O-]. The van der Waals surface area contributed by atoms with Crippen LogP contribution in [0.2, 0.25) is 0 Å². The van der Waals surface area contributed by atoms with Crippen LogP contribution in [0.4, 0.5) is 5.69 Å². The Bertz CT molecular complexity index is 558. The van der Waals surface area contributed by atoms with Crippen molar-refractivity contribution >= 4 is 40.0 Å². The van der Waals surface area contributed by atoms with E-state index in [9.17, 15) is 10.1 Å². The Hall–Kier alpha value is -1.56. The Kier molecular flexibility index (Phi) is 5.35. The van der Waals surface area contributed by atoms with E-state index in [0.29, 0.717) is 10.1 Å². The molecule has 0 bridgehead atoms. The number of thioether (sulfide) groups is 1. The van der Waals surface area contributed by atoms with E-state index >= 15 is 0 Å². The Labute approximate surface area is 121 Å². The molecule has 0 N–H and O–H groups in total. The molecular formula is C12H13N3O2S2. The zero-order valence-electron chi connectivity index (χ0n) is 10.8. The molecule has 0 aliphatic heterocycles. The molecule has 0 saturated heterocycles. The van der Waals surface area contributed by atoms with Crippen LogP contribution in [0.25, 0.3) is 0 Å². The average molecular weight is 295 g/mol. The zero-order chi connectivity index (χ0) is 14.5. The first-order chi connectivity index (χ1) is 8.83. The number of aliphatic imine (C=N–C) groups is 2. The summed E-state index contributed by atoms with van der Waals surface area (Å²) in [5.41, 5.74) is -0.324. The van der Waals surface area contributed by atoms with Crippen molar-refractivity contribution in [2.24, 2.45) is 9.98 Å².